The Balaban J connectivity index is 1.06. The quantitative estimate of drug-likeness (QED) is 0.266. The lowest BCUT2D eigenvalue weighted by atomic mass is 9.83. The average molecular weight is 525 g/mol. The van der Waals surface area contributed by atoms with E-state index < -0.39 is 0 Å². The topological polar surface area (TPSA) is 18.5 Å². The number of rotatable bonds is 10. The minimum atomic E-state index is 0.336. The normalized spacial score (nSPS) is 39.8. The van der Waals surface area contributed by atoms with Crippen LogP contribution < -0.4 is 0 Å². The minimum absolute atomic E-state index is 0.336. The third-order valence-corrected chi connectivity index (χ3v) is 13.0. The van der Waals surface area contributed by atoms with Crippen molar-refractivity contribution < 1.29 is 9.47 Å². The van der Waals surface area contributed by atoms with Crippen LogP contribution in [-0.4, -0.2) is 46.1 Å². The lowest BCUT2D eigenvalue weighted by molar-refractivity contribution is 0.0690. The average Bonchev–Trinajstić information content (AvgIpc) is 3.12. The largest absolute Gasteiger partial charge is 0.367 e. The van der Waals surface area contributed by atoms with E-state index in [0.29, 0.717) is 16.1 Å². The van der Waals surface area contributed by atoms with Crippen LogP contribution in [0.3, 0.4) is 0 Å². The second-order valence-corrected chi connectivity index (χ2v) is 15.1. The molecular weight excluding hydrogens is 477 g/mol. The van der Waals surface area contributed by atoms with Gasteiger partial charge < -0.3 is 9.47 Å². The van der Waals surface area contributed by atoms with Gasteiger partial charge in [-0.1, -0.05) is 23.9 Å². The summed E-state index contributed by atoms with van der Waals surface area (Å²) in [6.07, 6.45) is 21.6. The van der Waals surface area contributed by atoms with Crippen molar-refractivity contribution in [3.05, 3.63) is 25.3 Å². The van der Waals surface area contributed by atoms with E-state index in [1.807, 2.05) is 11.8 Å². The molecule has 4 fully saturated rings. The predicted molar refractivity (Wildman–Crippen MR) is 154 cm³/mol. The Morgan fingerprint density at radius 2 is 1.12 bits per heavy atom. The molecule has 4 rings (SSSR count). The van der Waals surface area contributed by atoms with Crippen molar-refractivity contribution in [3.63, 3.8) is 0 Å². The second kappa shape index (κ2) is 15.0. The van der Waals surface area contributed by atoms with E-state index in [2.05, 4.69) is 48.8 Å². The molecule has 4 unspecified atom stereocenters. The zero-order valence-electron chi connectivity index (χ0n) is 21.2. The summed E-state index contributed by atoms with van der Waals surface area (Å²) in [6, 6.07) is 0. The predicted octanol–water partition coefficient (Wildman–Crippen LogP) is 8.57. The molecule has 0 amide bonds. The first-order valence-corrected chi connectivity index (χ1v) is 17.1. The van der Waals surface area contributed by atoms with E-state index in [-0.39, 0.29) is 0 Å². The van der Waals surface area contributed by atoms with Gasteiger partial charge in [-0.25, -0.2) is 0 Å². The van der Waals surface area contributed by atoms with Crippen LogP contribution in [0.2, 0.25) is 0 Å². The van der Waals surface area contributed by atoms with Gasteiger partial charge in [0.2, 0.25) is 0 Å². The highest BCUT2D eigenvalue weighted by molar-refractivity contribution is 8.00. The molecule has 2 aliphatic heterocycles. The van der Waals surface area contributed by atoms with Gasteiger partial charge in [0.15, 0.2) is 0 Å². The molecule has 4 aliphatic rings. The van der Waals surface area contributed by atoms with Gasteiger partial charge in [0.05, 0.1) is 6.61 Å². The van der Waals surface area contributed by atoms with Crippen LogP contribution in [0, 0.1) is 23.7 Å². The number of allylic oxidation sites excluding steroid dienone is 2. The van der Waals surface area contributed by atoms with Gasteiger partial charge in [0.25, 0.3) is 0 Å². The molecule has 34 heavy (non-hydrogen) atoms. The van der Waals surface area contributed by atoms with E-state index >= 15 is 0 Å². The number of hydrogen-bond donors (Lipinski definition) is 0. The van der Waals surface area contributed by atoms with Gasteiger partial charge in [-0.3, -0.25) is 0 Å². The lowest BCUT2D eigenvalue weighted by Crippen LogP contribution is -2.28. The van der Waals surface area contributed by atoms with Crippen LogP contribution in [0.25, 0.3) is 0 Å². The van der Waals surface area contributed by atoms with Crippen LogP contribution in [0.5, 0.6) is 0 Å². The van der Waals surface area contributed by atoms with Gasteiger partial charge in [0, 0.05) is 17.1 Å². The SMILES string of the molecule is C=CC1CCC(CSC2CCOC(SC3CCC(SCC4CCC(C=C)CC4)CO3)CC2)CC1. The van der Waals surface area contributed by atoms with E-state index in [4.69, 9.17) is 9.47 Å². The summed E-state index contributed by atoms with van der Waals surface area (Å²) < 4.78 is 12.6. The van der Waals surface area contributed by atoms with Crippen molar-refractivity contribution in [2.24, 2.45) is 23.7 Å². The highest BCUT2D eigenvalue weighted by Gasteiger charge is 2.29. The van der Waals surface area contributed by atoms with Gasteiger partial charge >= 0.3 is 0 Å². The van der Waals surface area contributed by atoms with Crippen LogP contribution in [0.4, 0.5) is 0 Å². The summed E-state index contributed by atoms with van der Waals surface area (Å²) in [5, 5.41) is 1.49. The molecule has 4 atom stereocenters. The molecule has 0 aromatic rings. The zero-order valence-corrected chi connectivity index (χ0v) is 23.7. The fourth-order valence-corrected chi connectivity index (χ4v) is 10.0. The van der Waals surface area contributed by atoms with Crippen molar-refractivity contribution in [3.8, 4) is 0 Å². The van der Waals surface area contributed by atoms with Gasteiger partial charge in [0.1, 0.15) is 10.9 Å². The maximum absolute atomic E-state index is 6.32. The molecule has 2 aliphatic carbocycles. The Hall–Kier alpha value is 0.450. The molecule has 5 heteroatoms. The van der Waals surface area contributed by atoms with Gasteiger partial charge in [-0.05, 0) is 119 Å². The second-order valence-electron chi connectivity index (χ2n) is 11.1. The molecule has 0 bridgehead atoms. The van der Waals surface area contributed by atoms with Gasteiger partial charge in [-0.15, -0.1) is 13.2 Å². The fraction of sp³-hybridized carbons (Fsp3) is 0.862. The maximum atomic E-state index is 6.32. The van der Waals surface area contributed by atoms with E-state index in [9.17, 15) is 0 Å². The number of hydrogen-bond acceptors (Lipinski definition) is 5. The van der Waals surface area contributed by atoms with Crippen LogP contribution >= 0.6 is 35.3 Å². The third kappa shape index (κ3) is 9.08. The molecule has 0 spiro atoms. The third-order valence-electron chi connectivity index (χ3n) is 8.55. The summed E-state index contributed by atoms with van der Waals surface area (Å²) in [7, 11) is 0. The van der Waals surface area contributed by atoms with Crippen molar-refractivity contribution in [2.45, 2.75) is 105 Å². The summed E-state index contributed by atoms with van der Waals surface area (Å²) in [5.41, 5.74) is 0.678. The van der Waals surface area contributed by atoms with Gasteiger partial charge in [-0.2, -0.15) is 23.5 Å². The molecule has 194 valence electrons. The van der Waals surface area contributed by atoms with Crippen molar-refractivity contribution in [1.29, 1.82) is 0 Å². The zero-order chi connectivity index (χ0) is 23.6. The van der Waals surface area contributed by atoms with Crippen LogP contribution in [0.1, 0.15) is 83.5 Å². The Morgan fingerprint density at radius 1 is 0.588 bits per heavy atom. The summed E-state index contributed by atoms with van der Waals surface area (Å²) in [4.78, 5) is 0. The Bertz CT molecular complexity index is 590. The lowest BCUT2D eigenvalue weighted by Gasteiger charge is -2.32. The first-order chi connectivity index (χ1) is 16.7. The molecule has 2 saturated carbocycles. The molecule has 0 N–H and O–H groups in total. The monoisotopic (exact) mass is 524 g/mol. The standard InChI is InChI=1S/C29H48O2S3/c1-3-22-5-9-24(10-6-22)20-32-26-13-15-28(30-18-17-26)34-29-16-14-27(19-31-29)33-21-25-11-7-23(4-2)8-12-25/h3-4,22-29H,1-2,5-21H2. The first kappa shape index (κ1) is 27.5. The molecule has 2 saturated heterocycles. The highest BCUT2D eigenvalue weighted by Crippen LogP contribution is 2.39. The highest BCUT2D eigenvalue weighted by atomic mass is 32.2. The van der Waals surface area contributed by atoms with Crippen molar-refractivity contribution >= 4 is 35.3 Å². The molecule has 2 nitrogen and oxygen atoms in total. The van der Waals surface area contributed by atoms with E-state index in [1.165, 1.54) is 95.0 Å². The fourth-order valence-electron chi connectivity index (χ4n) is 5.99. The first-order valence-electron chi connectivity index (χ1n) is 14.1. The van der Waals surface area contributed by atoms with E-state index in [0.717, 1.165) is 42.1 Å². The maximum Gasteiger partial charge on any atom is 0.105 e. The summed E-state index contributed by atoms with van der Waals surface area (Å²) in [5.74, 6) is 6.09. The smallest absolute Gasteiger partial charge is 0.105 e. The van der Waals surface area contributed by atoms with E-state index in [1.54, 1.807) is 0 Å². The summed E-state index contributed by atoms with van der Waals surface area (Å²) >= 11 is 6.40. The molecule has 0 aromatic heterocycles. The Labute approximate surface area is 222 Å². The summed E-state index contributed by atoms with van der Waals surface area (Å²) in [6.45, 7) is 9.83. The van der Waals surface area contributed by atoms with Crippen LogP contribution in [-0.2, 0) is 9.47 Å². The Kier molecular flexibility index (Phi) is 12.1. The molecular formula is C29H48O2S3. The minimum Gasteiger partial charge on any atom is -0.367 e. The van der Waals surface area contributed by atoms with Crippen LogP contribution in [0.15, 0.2) is 25.3 Å². The molecule has 0 radical (unpaired) electrons. The number of ether oxygens (including phenoxy) is 2. The number of thioether (sulfide) groups is 3. The van der Waals surface area contributed by atoms with Crippen molar-refractivity contribution in [1.82, 2.24) is 0 Å². The van der Waals surface area contributed by atoms with Crippen molar-refractivity contribution in [2.75, 3.05) is 24.7 Å². The molecule has 2 heterocycles. The molecule has 0 aromatic carbocycles. The Morgan fingerprint density at radius 3 is 1.65 bits per heavy atom.